The smallest absolute Gasteiger partial charge is 0.409 e. The van der Waals surface area contributed by atoms with E-state index in [0.717, 1.165) is 11.1 Å². The molecule has 31 heavy (non-hydrogen) atoms. The number of hydrogen-bond donors (Lipinski definition) is 1. The van der Waals surface area contributed by atoms with Crippen LogP contribution in [0.25, 0.3) is 10.4 Å². The Bertz CT molecular complexity index is 876. The van der Waals surface area contributed by atoms with Crippen LogP contribution in [-0.4, -0.2) is 54.2 Å². The van der Waals surface area contributed by atoms with Crippen molar-refractivity contribution >= 4 is 6.09 Å². The molecule has 9 nitrogen and oxygen atoms in total. The SMILES string of the molecule is CN(C[C@H]1OC(O)[C@H](N=[N+]=[N-])C[C@@H]1OCc1ccccc1)C(=O)OCc1ccccc1. The molecule has 1 aliphatic heterocycles. The fourth-order valence-corrected chi connectivity index (χ4v) is 3.32. The predicted molar refractivity (Wildman–Crippen MR) is 113 cm³/mol. The van der Waals surface area contributed by atoms with Gasteiger partial charge in [-0.2, -0.15) is 0 Å². The van der Waals surface area contributed by atoms with E-state index in [9.17, 15) is 9.90 Å². The number of likely N-dealkylation sites (N-methyl/N-ethyl adjacent to an activating group) is 1. The molecular weight excluding hydrogens is 400 g/mol. The van der Waals surface area contributed by atoms with Crippen molar-refractivity contribution in [2.45, 2.75) is 44.2 Å². The maximum atomic E-state index is 12.4. The highest BCUT2D eigenvalue weighted by molar-refractivity contribution is 5.67. The topological polar surface area (TPSA) is 117 Å². The number of benzene rings is 2. The molecule has 0 aromatic heterocycles. The molecule has 3 rings (SSSR count). The minimum Gasteiger partial charge on any atom is -0.445 e. The van der Waals surface area contributed by atoms with Crippen LogP contribution < -0.4 is 0 Å². The van der Waals surface area contributed by atoms with Crippen molar-refractivity contribution in [3.63, 3.8) is 0 Å². The van der Waals surface area contributed by atoms with Crippen LogP contribution in [0.15, 0.2) is 65.8 Å². The Labute approximate surface area is 180 Å². The van der Waals surface area contributed by atoms with Crippen molar-refractivity contribution in [3.05, 3.63) is 82.2 Å². The summed E-state index contributed by atoms with van der Waals surface area (Å²) in [7, 11) is 1.59. The van der Waals surface area contributed by atoms with Gasteiger partial charge in [0.25, 0.3) is 0 Å². The summed E-state index contributed by atoms with van der Waals surface area (Å²) in [5, 5.41) is 13.8. The zero-order chi connectivity index (χ0) is 22.1. The molecule has 0 radical (unpaired) electrons. The molecule has 0 spiro atoms. The Kier molecular flexibility index (Phi) is 8.26. The van der Waals surface area contributed by atoms with Crippen LogP contribution in [0, 0.1) is 0 Å². The highest BCUT2D eigenvalue weighted by Gasteiger charge is 2.38. The summed E-state index contributed by atoms with van der Waals surface area (Å²) in [4.78, 5) is 16.6. The first-order valence-corrected chi connectivity index (χ1v) is 10.0. The second-order valence-electron chi connectivity index (χ2n) is 7.33. The summed E-state index contributed by atoms with van der Waals surface area (Å²) in [5.41, 5.74) is 10.6. The Morgan fingerprint density at radius 3 is 2.39 bits per heavy atom. The number of aliphatic hydroxyl groups is 1. The van der Waals surface area contributed by atoms with Crippen molar-refractivity contribution in [1.82, 2.24) is 4.90 Å². The molecule has 4 atom stereocenters. The van der Waals surface area contributed by atoms with Crippen molar-refractivity contribution in [3.8, 4) is 0 Å². The van der Waals surface area contributed by atoms with Crippen LogP contribution in [0.4, 0.5) is 4.79 Å². The van der Waals surface area contributed by atoms with Gasteiger partial charge in [0.2, 0.25) is 0 Å². The molecule has 1 amide bonds. The Hall–Kier alpha value is -3.10. The van der Waals surface area contributed by atoms with Crippen LogP contribution >= 0.6 is 0 Å². The number of hydrogen-bond acceptors (Lipinski definition) is 6. The lowest BCUT2D eigenvalue weighted by Crippen LogP contribution is -2.52. The fourth-order valence-electron chi connectivity index (χ4n) is 3.32. The van der Waals surface area contributed by atoms with Crippen LogP contribution in [-0.2, 0) is 27.4 Å². The first kappa shape index (κ1) is 22.6. The number of rotatable bonds is 8. The van der Waals surface area contributed by atoms with Gasteiger partial charge in [-0.05, 0) is 23.1 Å². The third-order valence-corrected chi connectivity index (χ3v) is 5.01. The van der Waals surface area contributed by atoms with E-state index in [1.165, 1.54) is 4.90 Å². The minimum absolute atomic E-state index is 0.146. The van der Waals surface area contributed by atoms with Crippen molar-refractivity contribution in [2.75, 3.05) is 13.6 Å². The van der Waals surface area contributed by atoms with Gasteiger partial charge >= 0.3 is 6.09 Å². The molecule has 1 N–H and O–H groups in total. The van der Waals surface area contributed by atoms with Gasteiger partial charge < -0.3 is 24.2 Å². The number of aliphatic hydroxyl groups excluding tert-OH is 1. The first-order chi connectivity index (χ1) is 15.1. The molecule has 0 saturated carbocycles. The second-order valence-corrected chi connectivity index (χ2v) is 7.33. The van der Waals surface area contributed by atoms with Crippen LogP contribution in [0.2, 0.25) is 0 Å². The summed E-state index contributed by atoms with van der Waals surface area (Å²) >= 11 is 0. The van der Waals surface area contributed by atoms with E-state index < -0.39 is 30.6 Å². The van der Waals surface area contributed by atoms with Gasteiger partial charge in [0.05, 0.1) is 25.3 Å². The number of carbonyl (C=O) groups excluding carboxylic acids is 1. The lowest BCUT2D eigenvalue weighted by Gasteiger charge is -2.39. The third-order valence-electron chi connectivity index (χ3n) is 5.01. The highest BCUT2D eigenvalue weighted by atomic mass is 16.6. The second kappa shape index (κ2) is 11.3. The van der Waals surface area contributed by atoms with E-state index in [4.69, 9.17) is 19.7 Å². The lowest BCUT2D eigenvalue weighted by atomic mass is 10.00. The van der Waals surface area contributed by atoms with Crippen molar-refractivity contribution < 1.29 is 24.1 Å². The van der Waals surface area contributed by atoms with Crippen molar-refractivity contribution in [2.24, 2.45) is 5.11 Å². The van der Waals surface area contributed by atoms with Crippen LogP contribution in [0.1, 0.15) is 17.5 Å². The van der Waals surface area contributed by atoms with Gasteiger partial charge in [0.1, 0.15) is 12.7 Å². The molecule has 0 aliphatic carbocycles. The van der Waals surface area contributed by atoms with Gasteiger partial charge in [-0.25, -0.2) is 4.79 Å². The molecule has 164 valence electrons. The summed E-state index contributed by atoms with van der Waals surface area (Å²) < 4.78 is 17.0. The van der Waals surface area contributed by atoms with Crippen molar-refractivity contribution in [1.29, 1.82) is 0 Å². The molecule has 1 aliphatic rings. The maximum absolute atomic E-state index is 12.4. The van der Waals surface area contributed by atoms with E-state index in [2.05, 4.69) is 10.0 Å². The van der Waals surface area contributed by atoms with Crippen LogP contribution in [0.3, 0.4) is 0 Å². The molecule has 1 saturated heterocycles. The summed E-state index contributed by atoms with van der Waals surface area (Å²) in [5.74, 6) is 0. The average Bonchev–Trinajstić information content (AvgIpc) is 2.79. The number of carbonyl (C=O) groups is 1. The zero-order valence-electron chi connectivity index (χ0n) is 17.3. The number of ether oxygens (including phenoxy) is 3. The molecule has 1 fully saturated rings. The normalized spacial score (nSPS) is 22.9. The molecule has 1 heterocycles. The summed E-state index contributed by atoms with van der Waals surface area (Å²) in [6.45, 7) is 0.630. The summed E-state index contributed by atoms with van der Waals surface area (Å²) in [6, 6.07) is 18.2. The van der Waals surface area contributed by atoms with Gasteiger partial charge in [-0.15, -0.1) is 0 Å². The summed E-state index contributed by atoms with van der Waals surface area (Å²) in [6.07, 6.45) is -2.61. The van der Waals surface area contributed by atoms with E-state index in [-0.39, 0.29) is 19.6 Å². The minimum atomic E-state index is -1.27. The van der Waals surface area contributed by atoms with Gasteiger partial charge in [-0.3, -0.25) is 0 Å². The molecule has 2 aromatic rings. The average molecular weight is 426 g/mol. The van der Waals surface area contributed by atoms with E-state index >= 15 is 0 Å². The standard InChI is InChI=1S/C22H26N4O5/c1-26(22(28)30-15-17-10-6-3-7-11-17)13-20-19(12-18(24-25-23)21(27)31-20)29-14-16-8-4-2-5-9-16/h2-11,18-21,27H,12-15H2,1H3/t18-,19+,20-,21?/m1/s1. The largest absolute Gasteiger partial charge is 0.445 e. The van der Waals surface area contributed by atoms with Gasteiger partial charge in [0, 0.05) is 12.0 Å². The lowest BCUT2D eigenvalue weighted by molar-refractivity contribution is -0.221. The third kappa shape index (κ3) is 6.70. The van der Waals surface area contributed by atoms with E-state index in [1.807, 2.05) is 60.7 Å². The van der Waals surface area contributed by atoms with Gasteiger partial charge in [-0.1, -0.05) is 65.8 Å². The first-order valence-electron chi connectivity index (χ1n) is 10.0. The molecule has 9 heteroatoms. The quantitative estimate of drug-likeness (QED) is 0.393. The molecular formula is C22H26N4O5. The zero-order valence-corrected chi connectivity index (χ0v) is 17.3. The van der Waals surface area contributed by atoms with E-state index in [1.54, 1.807) is 7.05 Å². The molecule has 0 bridgehead atoms. The maximum Gasteiger partial charge on any atom is 0.409 e. The Morgan fingerprint density at radius 2 is 1.77 bits per heavy atom. The fraction of sp³-hybridized carbons (Fsp3) is 0.409. The molecule has 2 aromatic carbocycles. The predicted octanol–water partition coefficient (Wildman–Crippen LogP) is 3.63. The number of amides is 1. The monoisotopic (exact) mass is 426 g/mol. The van der Waals surface area contributed by atoms with Crippen LogP contribution in [0.5, 0.6) is 0 Å². The number of azide groups is 1. The highest BCUT2D eigenvalue weighted by Crippen LogP contribution is 2.26. The Balaban J connectivity index is 1.60. The number of nitrogens with zero attached hydrogens (tertiary/aromatic N) is 4. The van der Waals surface area contributed by atoms with Gasteiger partial charge in [0.15, 0.2) is 6.29 Å². The Morgan fingerprint density at radius 1 is 1.16 bits per heavy atom. The molecule has 1 unspecified atom stereocenters. The van der Waals surface area contributed by atoms with E-state index in [0.29, 0.717) is 6.61 Å².